The molecule has 0 spiro atoms. The Hall–Kier alpha value is -1.06. The quantitative estimate of drug-likeness (QED) is 0.845. The lowest BCUT2D eigenvalue weighted by Gasteiger charge is -2.37. The minimum Gasteiger partial charge on any atom is -0.399 e. The Balaban J connectivity index is 1.87. The number of nitrogens with zero attached hydrogens (tertiary/aromatic N) is 2. The predicted octanol–water partition coefficient (Wildman–Crippen LogP) is 2.49. The van der Waals surface area contributed by atoms with Gasteiger partial charge in [-0.2, -0.15) is 0 Å². The molecule has 0 saturated carbocycles. The number of nitrogen functional groups attached to an aromatic ring is 1. The van der Waals surface area contributed by atoms with Crippen LogP contribution in [0.4, 0.5) is 5.69 Å². The third kappa shape index (κ3) is 3.71. The zero-order valence-corrected chi connectivity index (χ0v) is 12.5. The maximum absolute atomic E-state index is 5.87. The second-order valence-electron chi connectivity index (χ2n) is 5.76. The topological polar surface area (TPSA) is 32.5 Å². The van der Waals surface area contributed by atoms with Gasteiger partial charge in [0.05, 0.1) is 0 Å². The van der Waals surface area contributed by atoms with Crippen LogP contribution in [0, 0.1) is 6.92 Å². The molecule has 1 aromatic carbocycles. The molecule has 1 fully saturated rings. The summed E-state index contributed by atoms with van der Waals surface area (Å²) < 4.78 is 0. The summed E-state index contributed by atoms with van der Waals surface area (Å²) in [4.78, 5) is 5.15. The molecule has 2 N–H and O–H groups in total. The van der Waals surface area contributed by atoms with E-state index in [0.29, 0.717) is 0 Å². The third-order valence-corrected chi connectivity index (χ3v) is 4.36. The van der Waals surface area contributed by atoms with E-state index in [1.54, 1.807) is 0 Å². The highest BCUT2D eigenvalue weighted by atomic mass is 15.3. The second-order valence-corrected chi connectivity index (χ2v) is 5.76. The molecule has 0 bridgehead atoms. The van der Waals surface area contributed by atoms with E-state index in [1.807, 2.05) is 6.07 Å². The zero-order chi connectivity index (χ0) is 13.8. The fourth-order valence-electron chi connectivity index (χ4n) is 2.71. The fourth-order valence-corrected chi connectivity index (χ4v) is 2.71. The summed E-state index contributed by atoms with van der Waals surface area (Å²) in [6.45, 7) is 12.5. The van der Waals surface area contributed by atoms with Gasteiger partial charge in [0, 0.05) is 44.5 Å². The van der Waals surface area contributed by atoms with Gasteiger partial charge in [-0.15, -0.1) is 0 Å². The van der Waals surface area contributed by atoms with Gasteiger partial charge in [0.25, 0.3) is 0 Å². The van der Waals surface area contributed by atoms with Crippen molar-refractivity contribution in [2.24, 2.45) is 0 Å². The van der Waals surface area contributed by atoms with Gasteiger partial charge >= 0.3 is 0 Å². The smallest absolute Gasteiger partial charge is 0.0343 e. The van der Waals surface area contributed by atoms with Crippen LogP contribution in [-0.4, -0.2) is 42.0 Å². The van der Waals surface area contributed by atoms with Gasteiger partial charge in [0.2, 0.25) is 0 Å². The Bertz CT molecular complexity index is 408. The number of rotatable bonds is 4. The van der Waals surface area contributed by atoms with E-state index >= 15 is 0 Å². The molecule has 1 unspecified atom stereocenters. The molecule has 3 nitrogen and oxygen atoms in total. The first-order valence-electron chi connectivity index (χ1n) is 7.41. The van der Waals surface area contributed by atoms with Crippen LogP contribution in [0.3, 0.4) is 0 Å². The lowest BCUT2D eigenvalue weighted by molar-refractivity contribution is 0.0963. The lowest BCUT2D eigenvalue weighted by atomic mass is 10.1. The summed E-state index contributed by atoms with van der Waals surface area (Å²) in [5.41, 5.74) is 9.33. The minimum absolute atomic E-state index is 0.723. The molecule has 1 saturated heterocycles. The van der Waals surface area contributed by atoms with E-state index in [-0.39, 0.29) is 0 Å². The molecule has 0 aromatic heterocycles. The molecule has 2 rings (SSSR count). The van der Waals surface area contributed by atoms with Crippen molar-refractivity contribution < 1.29 is 0 Å². The maximum Gasteiger partial charge on any atom is 0.0343 e. The standard InChI is InChI=1S/C16H27N3/c1-4-14(3)19-9-7-18(8-10-19)12-15-5-6-16(17)13(2)11-15/h5-6,11,14H,4,7-10,12,17H2,1-3H3. The summed E-state index contributed by atoms with van der Waals surface area (Å²) in [6, 6.07) is 7.13. The van der Waals surface area contributed by atoms with Gasteiger partial charge in [-0.3, -0.25) is 9.80 Å². The molecular weight excluding hydrogens is 234 g/mol. The zero-order valence-electron chi connectivity index (χ0n) is 12.5. The van der Waals surface area contributed by atoms with Crippen LogP contribution in [0.2, 0.25) is 0 Å². The van der Waals surface area contributed by atoms with Crippen LogP contribution < -0.4 is 5.73 Å². The Labute approximate surface area is 117 Å². The monoisotopic (exact) mass is 261 g/mol. The molecule has 106 valence electrons. The molecule has 3 heteroatoms. The second kappa shape index (κ2) is 6.40. The van der Waals surface area contributed by atoms with Gasteiger partial charge in [0.1, 0.15) is 0 Å². The van der Waals surface area contributed by atoms with Crippen molar-refractivity contribution in [1.82, 2.24) is 9.80 Å². The lowest BCUT2D eigenvalue weighted by Crippen LogP contribution is -2.48. The number of hydrogen-bond donors (Lipinski definition) is 1. The van der Waals surface area contributed by atoms with Crippen LogP contribution in [-0.2, 0) is 6.54 Å². The summed E-state index contributed by atoms with van der Waals surface area (Å²) in [5.74, 6) is 0. The summed E-state index contributed by atoms with van der Waals surface area (Å²) in [7, 11) is 0. The average molecular weight is 261 g/mol. The van der Waals surface area contributed by atoms with Crippen molar-refractivity contribution in [2.75, 3.05) is 31.9 Å². The first-order chi connectivity index (χ1) is 9.10. The molecule has 1 aliphatic rings. The summed E-state index contributed by atoms with van der Waals surface area (Å²) >= 11 is 0. The summed E-state index contributed by atoms with van der Waals surface area (Å²) in [5, 5.41) is 0. The number of anilines is 1. The molecule has 0 amide bonds. The van der Waals surface area contributed by atoms with Crippen LogP contribution in [0.15, 0.2) is 18.2 Å². The molecule has 0 aliphatic carbocycles. The average Bonchev–Trinajstić information content (AvgIpc) is 2.43. The van der Waals surface area contributed by atoms with Gasteiger partial charge in [-0.1, -0.05) is 19.1 Å². The van der Waals surface area contributed by atoms with Crippen LogP contribution in [0.25, 0.3) is 0 Å². The van der Waals surface area contributed by atoms with E-state index < -0.39 is 0 Å². The van der Waals surface area contributed by atoms with Crippen LogP contribution in [0.1, 0.15) is 31.4 Å². The largest absolute Gasteiger partial charge is 0.399 e. The Kier molecular flexibility index (Phi) is 4.83. The molecule has 1 aliphatic heterocycles. The normalized spacial score (nSPS) is 19.5. The van der Waals surface area contributed by atoms with Gasteiger partial charge in [-0.25, -0.2) is 0 Å². The fraction of sp³-hybridized carbons (Fsp3) is 0.625. The van der Waals surface area contributed by atoms with E-state index in [9.17, 15) is 0 Å². The highest BCUT2D eigenvalue weighted by Crippen LogP contribution is 2.16. The van der Waals surface area contributed by atoms with Crippen molar-refractivity contribution in [3.8, 4) is 0 Å². The van der Waals surface area contributed by atoms with Crippen LogP contribution >= 0.6 is 0 Å². The number of piperazine rings is 1. The highest BCUT2D eigenvalue weighted by Gasteiger charge is 2.19. The van der Waals surface area contributed by atoms with Crippen molar-refractivity contribution in [3.05, 3.63) is 29.3 Å². The van der Waals surface area contributed by atoms with Crippen LogP contribution in [0.5, 0.6) is 0 Å². The minimum atomic E-state index is 0.723. The molecule has 1 atom stereocenters. The first kappa shape index (κ1) is 14.4. The highest BCUT2D eigenvalue weighted by molar-refractivity contribution is 5.47. The molecular formula is C16H27N3. The molecule has 19 heavy (non-hydrogen) atoms. The van der Waals surface area contributed by atoms with Crippen molar-refractivity contribution in [2.45, 2.75) is 39.8 Å². The van der Waals surface area contributed by atoms with Gasteiger partial charge < -0.3 is 5.73 Å². The van der Waals surface area contributed by atoms with Crippen molar-refractivity contribution in [3.63, 3.8) is 0 Å². The van der Waals surface area contributed by atoms with E-state index in [2.05, 4.69) is 42.7 Å². The third-order valence-electron chi connectivity index (χ3n) is 4.36. The predicted molar refractivity (Wildman–Crippen MR) is 82.2 cm³/mol. The number of benzene rings is 1. The Morgan fingerprint density at radius 1 is 1.21 bits per heavy atom. The maximum atomic E-state index is 5.87. The SMILES string of the molecule is CCC(C)N1CCN(Cc2ccc(N)c(C)c2)CC1. The molecule has 1 heterocycles. The van der Waals surface area contributed by atoms with Gasteiger partial charge in [0.15, 0.2) is 0 Å². The van der Waals surface area contributed by atoms with Crippen molar-refractivity contribution >= 4 is 5.69 Å². The van der Waals surface area contributed by atoms with Gasteiger partial charge in [-0.05, 0) is 37.5 Å². The summed E-state index contributed by atoms with van der Waals surface area (Å²) in [6.07, 6.45) is 1.25. The molecule has 1 aromatic rings. The number of nitrogens with two attached hydrogens (primary N) is 1. The van der Waals surface area contributed by atoms with Crippen molar-refractivity contribution in [1.29, 1.82) is 0 Å². The number of hydrogen-bond acceptors (Lipinski definition) is 3. The number of aryl methyl sites for hydroxylation is 1. The van der Waals surface area contributed by atoms with E-state index in [1.165, 1.54) is 43.7 Å². The van der Waals surface area contributed by atoms with E-state index in [4.69, 9.17) is 5.73 Å². The Morgan fingerprint density at radius 2 is 1.89 bits per heavy atom. The first-order valence-corrected chi connectivity index (χ1v) is 7.41. The molecule has 0 radical (unpaired) electrons. The van der Waals surface area contributed by atoms with E-state index in [0.717, 1.165) is 18.3 Å². The Morgan fingerprint density at radius 3 is 2.47 bits per heavy atom.